The van der Waals surface area contributed by atoms with Crippen molar-refractivity contribution >= 4 is 12.2 Å². The summed E-state index contributed by atoms with van der Waals surface area (Å²) in [5.41, 5.74) is -0.819. The number of amides is 1. The maximum atomic E-state index is 12.5. The van der Waals surface area contributed by atoms with Gasteiger partial charge in [0.2, 0.25) is 5.91 Å². The molecule has 0 aromatic heterocycles. The fourth-order valence-corrected chi connectivity index (χ4v) is 1.25. The van der Waals surface area contributed by atoms with Gasteiger partial charge in [0.25, 0.3) is 0 Å². The topological polar surface area (TPSA) is 46.2 Å². The van der Waals surface area contributed by atoms with Gasteiger partial charge in [0.05, 0.1) is 12.1 Å². The van der Waals surface area contributed by atoms with Crippen molar-refractivity contribution in [3.8, 4) is 11.8 Å². The predicted molar refractivity (Wildman–Crippen MR) is 62.4 cm³/mol. The van der Waals surface area contributed by atoms with Crippen molar-refractivity contribution in [2.24, 2.45) is 0 Å². The van der Waals surface area contributed by atoms with Crippen LogP contribution in [-0.2, 0) is 11.0 Å². The summed E-state index contributed by atoms with van der Waals surface area (Å²) in [4.78, 5) is 21.3. The van der Waals surface area contributed by atoms with Gasteiger partial charge < -0.3 is 5.32 Å². The highest BCUT2D eigenvalue weighted by atomic mass is 19.4. The molecule has 0 aliphatic carbocycles. The first-order valence-electron chi connectivity index (χ1n) is 5.24. The molecule has 1 amide bonds. The van der Waals surface area contributed by atoms with E-state index >= 15 is 0 Å². The van der Waals surface area contributed by atoms with Crippen molar-refractivity contribution in [1.29, 1.82) is 0 Å². The number of carbonyl (C=O) groups excluding carboxylic acids is 2. The number of aldehydes is 1. The highest BCUT2D eigenvalue weighted by Crippen LogP contribution is 2.30. The van der Waals surface area contributed by atoms with Gasteiger partial charge in [-0.1, -0.05) is 11.8 Å². The molecule has 0 spiro atoms. The average Bonchev–Trinajstić information content (AvgIpc) is 2.33. The lowest BCUT2D eigenvalue weighted by Crippen LogP contribution is -2.19. The fourth-order valence-electron chi connectivity index (χ4n) is 1.25. The summed E-state index contributed by atoms with van der Waals surface area (Å²) in [6, 6.07) is 2.70. The minimum Gasteiger partial charge on any atom is -0.345 e. The highest BCUT2D eigenvalue weighted by Gasteiger charge is 2.30. The standard InChI is InChI=1S/C13H10F3NO2/c1-9(19)17-6-2-3-10-7-12(13(14,15)16)5-4-11(10)8-18/h4-5,7-8H,6H2,1H3,(H,17,19). The van der Waals surface area contributed by atoms with Crippen LogP contribution in [0.2, 0.25) is 0 Å². The zero-order valence-electron chi connectivity index (χ0n) is 9.97. The molecule has 0 saturated heterocycles. The summed E-state index contributed by atoms with van der Waals surface area (Å²) in [6.07, 6.45) is -4.06. The third-order valence-electron chi connectivity index (χ3n) is 2.16. The van der Waals surface area contributed by atoms with Gasteiger partial charge in [0.15, 0.2) is 6.29 Å². The normalized spacial score (nSPS) is 10.3. The van der Waals surface area contributed by atoms with E-state index in [9.17, 15) is 22.8 Å². The van der Waals surface area contributed by atoms with E-state index in [1.54, 1.807) is 0 Å². The summed E-state index contributed by atoms with van der Waals surface area (Å²) >= 11 is 0. The third kappa shape index (κ3) is 4.47. The molecule has 6 heteroatoms. The predicted octanol–water partition coefficient (Wildman–Crippen LogP) is 2.01. The fraction of sp³-hybridized carbons (Fsp3) is 0.231. The SMILES string of the molecule is CC(=O)NCC#Cc1cc(C(F)(F)F)ccc1C=O. The first-order chi connectivity index (χ1) is 8.84. The molecule has 1 aromatic rings. The zero-order chi connectivity index (χ0) is 14.5. The van der Waals surface area contributed by atoms with Gasteiger partial charge in [-0.05, 0) is 18.2 Å². The Morgan fingerprint density at radius 3 is 2.63 bits per heavy atom. The number of hydrogen-bond acceptors (Lipinski definition) is 2. The molecule has 0 radical (unpaired) electrons. The Hall–Kier alpha value is -2.29. The van der Waals surface area contributed by atoms with Crippen LogP contribution in [0.1, 0.15) is 28.4 Å². The lowest BCUT2D eigenvalue weighted by Gasteiger charge is -2.07. The van der Waals surface area contributed by atoms with Crippen LogP contribution in [0.3, 0.4) is 0 Å². The second-order valence-electron chi connectivity index (χ2n) is 3.63. The molecule has 3 nitrogen and oxygen atoms in total. The second-order valence-corrected chi connectivity index (χ2v) is 3.63. The smallest absolute Gasteiger partial charge is 0.345 e. The van der Waals surface area contributed by atoms with E-state index in [4.69, 9.17) is 0 Å². The molecule has 0 saturated carbocycles. The van der Waals surface area contributed by atoms with Crippen LogP contribution in [-0.4, -0.2) is 18.7 Å². The van der Waals surface area contributed by atoms with Crippen molar-refractivity contribution < 1.29 is 22.8 Å². The van der Waals surface area contributed by atoms with Gasteiger partial charge >= 0.3 is 6.18 Å². The van der Waals surface area contributed by atoms with Gasteiger partial charge in [0, 0.05) is 18.1 Å². The minimum atomic E-state index is -4.49. The Labute approximate surface area is 107 Å². The number of carbonyl (C=O) groups is 2. The maximum absolute atomic E-state index is 12.5. The number of benzene rings is 1. The summed E-state index contributed by atoms with van der Waals surface area (Å²) in [5, 5.41) is 2.38. The van der Waals surface area contributed by atoms with Crippen molar-refractivity contribution in [2.45, 2.75) is 13.1 Å². The molecule has 1 N–H and O–H groups in total. The molecule has 0 fully saturated rings. The molecule has 100 valence electrons. The van der Waals surface area contributed by atoms with Crippen LogP contribution in [0.15, 0.2) is 18.2 Å². The molecule has 0 aliphatic rings. The lowest BCUT2D eigenvalue weighted by molar-refractivity contribution is -0.137. The largest absolute Gasteiger partial charge is 0.416 e. The van der Waals surface area contributed by atoms with E-state index < -0.39 is 11.7 Å². The average molecular weight is 269 g/mol. The quantitative estimate of drug-likeness (QED) is 0.659. The van der Waals surface area contributed by atoms with Crippen molar-refractivity contribution in [3.05, 3.63) is 34.9 Å². The van der Waals surface area contributed by atoms with Gasteiger partial charge in [-0.2, -0.15) is 13.2 Å². The summed E-state index contributed by atoms with van der Waals surface area (Å²) in [7, 11) is 0. The van der Waals surface area contributed by atoms with E-state index in [2.05, 4.69) is 17.2 Å². The van der Waals surface area contributed by atoms with Gasteiger partial charge in [0.1, 0.15) is 0 Å². The van der Waals surface area contributed by atoms with Crippen LogP contribution in [0.5, 0.6) is 0 Å². The Bertz CT molecular complexity index is 553. The number of rotatable bonds is 2. The molecule has 0 unspecified atom stereocenters. The molecule has 19 heavy (non-hydrogen) atoms. The minimum absolute atomic E-state index is 0.00385. The van der Waals surface area contributed by atoms with Crippen LogP contribution < -0.4 is 5.32 Å². The van der Waals surface area contributed by atoms with Crippen molar-refractivity contribution in [3.63, 3.8) is 0 Å². The monoisotopic (exact) mass is 269 g/mol. The van der Waals surface area contributed by atoms with Crippen molar-refractivity contribution in [1.82, 2.24) is 5.32 Å². The second kappa shape index (κ2) is 6.05. The van der Waals surface area contributed by atoms with E-state index in [-0.39, 0.29) is 23.6 Å². The van der Waals surface area contributed by atoms with Crippen LogP contribution in [0.25, 0.3) is 0 Å². The Balaban J connectivity index is 3.03. The van der Waals surface area contributed by atoms with Gasteiger partial charge in [-0.15, -0.1) is 0 Å². The molecule has 1 rings (SSSR count). The van der Waals surface area contributed by atoms with Crippen molar-refractivity contribution in [2.75, 3.05) is 6.54 Å². The lowest BCUT2D eigenvalue weighted by atomic mass is 10.0. The van der Waals surface area contributed by atoms with Crippen LogP contribution in [0.4, 0.5) is 13.2 Å². The summed E-state index contributed by atoms with van der Waals surface area (Å²) < 4.78 is 37.5. The first kappa shape index (κ1) is 14.8. The molecular formula is C13H10F3NO2. The number of hydrogen-bond donors (Lipinski definition) is 1. The number of halogens is 3. The summed E-state index contributed by atoms with van der Waals surface area (Å²) in [5.74, 6) is 4.62. The van der Waals surface area contributed by atoms with Crippen LogP contribution >= 0.6 is 0 Å². The molecule has 0 bridgehead atoms. The zero-order valence-corrected chi connectivity index (χ0v) is 9.97. The Kier molecular flexibility index (Phi) is 4.70. The van der Waals surface area contributed by atoms with Crippen LogP contribution in [0, 0.1) is 11.8 Å². The van der Waals surface area contributed by atoms with E-state index in [1.165, 1.54) is 6.92 Å². The highest BCUT2D eigenvalue weighted by molar-refractivity contribution is 5.79. The molecule has 1 aromatic carbocycles. The first-order valence-corrected chi connectivity index (χ1v) is 5.24. The Morgan fingerprint density at radius 1 is 1.42 bits per heavy atom. The number of alkyl halides is 3. The molecule has 0 atom stereocenters. The third-order valence-corrected chi connectivity index (χ3v) is 2.16. The maximum Gasteiger partial charge on any atom is 0.416 e. The number of nitrogens with one attached hydrogen (secondary N) is 1. The molecule has 0 aliphatic heterocycles. The van der Waals surface area contributed by atoms with E-state index in [0.717, 1.165) is 18.2 Å². The van der Waals surface area contributed by atoms with Gasteiger partial charge in [-0.3, -0.25) is 9.59 Å². The summed E-state index contributed by atoms with van der Waals surface area (Å²) in [6.45, 7) is 1.30. The van der Waals surface area contributed by atoms with E-state index in [0.29, 0.717) is 6.29 Å². The molecular weight excluding hydrogens is 259 g/mol. The van der Waals surface area contributed by atoms with E-state index in [1.807, 2.05) is 0 Å². The molecule has 0 heterocycles. The van der Waals surface area contributed by atoms with Gasteiger partial charge in [-0.25, -0.2) is 0 Å². The Morgan fingerprint density at radius 2 is 2.11 bits per heavy atom.